The molecule has 0 amide bonds. The van der Waals surface area contributed by atoms with Crippen LogP contribution in [-0.4, -0.2) is 4.98 Å². The average molecular weight is 294 g/mol. The minimum Gasteiger partial charge on any atom is -0.324 e. The van der Waals surface area contributed by atoms with Crippen molar-refractivity contribution in [2.45, 2.75) is 38.1 Å². The molecule has 0 bridgehead atoms. The van der Waals surface area contributed by atoms with E-state index in [2.05, 4.69) is 4.98 Å². The Balaban J connectivity index is 2.29. The molecule has 1 aliphatic carbocycles. The van der Waals surface area contributed by atoms with Gasteiger partial charge in [0.1, 0.15) is 5.15 Å². The first-order valence-electron chi connectivity index (χ1n) is 5.86. The number of halogens is 3. The standard InChI is InChI=1S/C12H15Cl3N2/c13-8-6-17-12(15)10(14)9(8)11(16)7-4-2-1-3-5-7/h6-7,11H,1-5,16H2/t11-/m0/s1. The highest BCUT2D eigenvalue weighted by Crippen LogP contribution is 2.40. The van der Waals surface area contributed by atoms with Crippen LogP contribution >= 0.6 is 34.8 Å². The van der Waals surface area contributed by atoms with Gasteiger partial charge in [0.15, 0.2) is 0 Å². The smallest absolute Gasteiger partial charge is 0.148 e. The third kappa shape index (κ3) is 2.87. The second-order valence-corrected chi connectivity index (χ2v) is 5.69. The monoisotopic (exact) mass is 292 g/mol. The highest BCUT2D eigenvalue weighted by molar-refractivity contribution is 6.43. The van der Waals surface area contributed by atoms with Crippen LogP contribution in [0.2, 0.25) is 15.2 Å². The Hall–Kier alpha value is -0.0200. The lowest BCUT2D eigenvalue weighted by Crippen LogP contribution is -2.24. The molecule has 94 valence electrons. The zero-order chi connectivity index (χ0) is 12.4. The molecule has 0 unspecified atom stereocenters. The van der Waals surface area contributed by atoms with Gasteiger partial charge in [-0.2, -0.15) is 0 Å². The summed E-state index contributed by atoms with van der Waals surface area (Å²) in [4.78, 5) is 3.91. The molecule has 1 fully saturated rings. The predicted octanol–water partition coefficient (Wildman–Crippen LogP) is 4.62. The van der Waals surface area contributed by atoms with Crippen molar-refractivity contribution in [3.63, 3.8) is 0 Å². The Bertz CT molecular complexity index is 403. The van der Waals surface area contributed by atoms with E-state index in [9.17, 15) is 0 Å². The van der Waals surface area contributed by atoms with Crippen LogP contribution in [0.3, 0.4) is 0 Å². The molecule has 0 aliphatic heterocycles. The van der Waals surface area contributed by atoms with Gasteiger partial charge in [-0.15, -0.1) is 0 Å². The van der Waals surface area contributed by atoms with Crippen molar-refractivity contribution in [1.82, 2.24) is 4.98 Å². The van der Waals surface area contributed by atoms with E-state index in [1.807, 2.05) is 0 Å². The lowest BCUT2D eigenvalue weighted by atomic mass is 9.82. The molecule has 1 saturated carbocycles. The van der Waals surface area contributed by atoms with Gasteiger partial charge in [0, 0.05) is 17.8 Å². The summed E-state index contributed by atoms with van der Waals surface area (Å²) in [6, 6.07) is -0.143. The minimum absolute atomic E-state index is 0.143. The molecule has 0 aromatic carbocycles. The van der Waals surface area contributed by atoms with Gasteiger partial charge < -0.3 is 5.73 Å². The second-order valence-electron chi connectivity index (χ2n) is 4.55. The van der Waals surface area contributed by atoms with Crippen LogP contribution in [0.1, 0.15) is 43.7 Å². The fourth-order valence-electron chi connectivity index (χ4n) is 2.49. The van der Waals surface area contributed by atoms with Crippen LogP contribution in [0.5, 0.6) is 0 Å². The Morgan fingerprint density at radius 3 is 2.47 bits per heavy atom. The number of nitrogens with zero attached hydrogens (tertiary/aromatic N) is 1. The molecule has 0 spiro atoms. The summed E-state index contributed by atoms with van der Waals surface area (Å²) >= 11 is 18.2. The quantitative estimate of drug-likeness (QED) is 0.808. The van der Waals surface area contributed by atoms with Gasteiger partial charge in [-0.05, 0) is 18.8 Å². The zero-order valence-corrected chi connectivity index (χ0v) is 11.7. The maximum absolute atomic E-state index is 6.28. The Morgan fingerprint density at radius 2 is 1.82 bits per heavy atom. The molecule has 2 nitrogen and oxygen atoms in total. The lowest BCUT2D eigenvalue weighted by Gasteiger charge is -2.28. The van der Waals surface area contributed by atoms with Crippen LogP contribution in [-0.2, 0) is 0 Å². The minimum atomic E-state index is -0.143. The number of rotatable bonds is 2. The second kappa shape index (κ2) is 5.75. The van der Waals surface area contributed by atoms with Crippen molar-refractivity contribution in [2.24, 2.45) is 11.7 Å². The molecule has 2 rings (SSSR count). The molecule has 1 atom stereocenters. The molecule has 1 aromatic rings. The third-order valence-corrected chi connectivity index (χ3v) is 4.52. The van der Waals surface area contributed by atoms with Crippen molar-refractivity contribution in [3.05, 3.63) is 27.0 Å². The van der Waals surface area contributed by atoms with Gasteiger partial charge in [0.25, 0.3) is 0 Å². The summed E-state index contributed by atoms with van der Waals surface area (Å²) in [5.74, 6) is 0.442. The van der Waals surface area contributed by atoms with E-state index in [0.29, 0.717) is 16.0 Å². The summed E-state index contributed by atoms with van der Waals surface area (Å²) in [5.41, 5.74) is 7.04. The number of hydrogen-bond donors (Lipinski definition) is 1. The predicted molar refractivity (Wildman–Crippen MR) is 72.8 cm³/mol. The summed E-state index contributed by atoms with van der Waals surface area (Å²) < 4.78 is 0. The lowest BCUT2D eigenvalue weighted by molar-refractivity contribution is 0.308. The summed E-state index contributed by atoms with van der Waals surface area (Å²) in [6.45, 7) is 0. The summed E-state index contributed by atoms with van der Waals surface area (Å²) in [5, 5.41) is 1.19. The Labute approximate surface area is 116 Å². The summed E-state index contributed by atoms with van der Waals surface area (Å²) in [7, 11) is 0. The molecular formula is C12H15Cl3N2. The van der Waals surface area contributed by atoms with Gasteiger partial charge in [-0.1, -0.05) is 54.1 Å². The van der Waals surface area contributed by atoms with E-state index >= 15 is 0 Å². The Kier molecular flexibility index (Phi) is 4.53. The van der Waals surface area contributed by atoms with Crippen molar-refractivity contribution in [1.29, 1.82) is 0 Å². The van der Waals surface area contributed by atoms with E-state index in [0.717, 1.165) is 18.4 Å². The number of nitrogens with two attached hydrogens (primary N) is 1. The van der Waals surface area contributed by atoms with Gasteiger partial charge in [0.05, 0.1) is 10.0 Å². The van der Waals surface area contributed by atoms with Crippen molar-refractivity contribution >= 4 is 34.8 Å². The molecule has 1 aliphatic rings. The Morgan fingerprint density at radius 1 is 1.18 bits per heavy atom. The largest absolute Gasteiger partial charge is 0.324 e. The molecule has 0 saturated heterocycles. The summed E-state index contributed by atoms with van der Waals surface area (Å²) in [6.07, 6.45) is 7.54. The fraction of sp³-hybridized carbons (Fsp3) is 0.583. The molecular weight excluding hydrogens is 279 g/mol. The molecule has 5 heteroatoms. The first-order valence-corrected chi connectivity index (χ1v) is 6.99. The van der Waals surface area contributed by atoms with Gasteiger partial charge in [0.2, 0.25) is 0 Å². The topological polar surface area (TPSA) is 38.9 Å². The molecule has 17 heavy (non-hydrogen) atoms. The average Bonchev–Trinajstić information content (AvgIpc) is 2.35. The van der Waals surface area contributed by atoms with Crippen LogP contribution in [0.15, 0.2) is 6.20 Å². The van der Waals surface area contributed by atoms with E-state index < -0.39 is 0 Å². The van der Waals surface area contributed by atoms with Crippen molar-refractivity contribution < 1.29 is 0 Å². The van der Waals surface area contributed by atoms with E-state index in [1.54, 1.807) is 0 Å². The van der Waals surface area contributed by atoms with Crippen LogP contribution in [0.25, 0.3) is 0 Å². The number of pyridine rings is 1. The van der Waals surface area contributed by atoms with E-state index in [-0.39, 0.29) is 11.2 Å². The van der Waals surface area contributed by atoms with Gasteiger partial charge in [-0.25, -0.2) is 4.98 Å². The van der Waals surface area contributed by atoms with Gasteiger partial charge >= 0.3 is 0 Å². The van der Waals surface area contributed by atoms with E-state index in [1.165, 1.54) is 25.5 Å². The molecule has 1 aromatic heterocycles. The first-order chi connectivity index (χ1) is 8.11. The zero-order valence-electron chi connectivity index (χ0n) is 9.43. The highest BCUT2D eigenvalue weighted by Gasteiger charge is 2.26. The SMILES string of the molecule is N[C@H](c1c(Cl)cnc(Cl)c1Cl)C1CCCCC1. The van der Waals surface area contributed by atoms with Crippen LogP contribution in [0.4, 0.5) is 0 Å². The molecule has 2 N–H and O–H groups in total. The molecule has 1 heterocycles. The first kappa shape index (κ1) is 13.4. The van der Waals surface area contributed by atoms with Gasteiger partial charge in [-0.3, -0.25) is 0 Å². The van der Waals surface area contributed by atoms with Crippen molar-refractivity contribution in [2.75, 3.05) is 0 Å². The maximum Gasteiger partial charge on any atom is 0.148 e. The maximum atomic E-state index is 6.28. The van der Waals surface area contributed by atoms with Crippen LogP contribution in [0, 0.1) is 5.92 Å². The third-order valence-electron chi connectivity index (χ3n) is 3.46. The normalized spacial score (nSPS) is 19.3. The van der Waals surface area contributed by atoms with Crippen LogP contribution < -0.4 is 5.73 Å². The van der Waals surface area contributed by atoms with Crippen molar-refractivity contribution in [3.8, 4) is 0 Å². The fourth-order valence-corrected chi connectivity index (χ4v) is 3.23. The number of aromatic nitrogens is 1. The number of hydrogen-bond acceptors (Lipinski definition) is 2. The molecule has 0 radical (unpaired) electrons. The van der Waals surface area contributed by atoms with E-state index in [4.69, 9.17) is 40.5 Å². The highest BCUT2D eigenvalue weighted by atomic mass is 35.5.